The molecule has 0 saturated heterocycles. The first-order valence-corrected chi connectivity index (χ1v) is 7.87. The van der Waals surface area contributed by atoms with Crippen LogP contribution in [0.2, 0.25) is 10.0 Å². The summed E-state index contributed by atoms with van der Waals surface area (Å²) in [5, 5.41) is 4.47. The second kappa shape index (κ2) is 5.91. The van der Waals surface area contributed by atoms with Gasteiger partial charge in [-0.3, -0.25) is 0 Å². The van der Waals surface area contributed by atoms with E-state index in [9.17, 15) is 0 Å². The van der Waals surface area contributed by atoms with Gasteiger partial charge >= 0.3 is 0 Å². The Bertz CT molecular complexity index is 683. The van der Waals surface area contributed by atoms with Gasteiger partial charge in [-0.2, -0.15) is 0 Å². The molecule has 1 aromatic heterocycles. The number of halogens is 2. The molecule has 2 heterocycles. The molecule has 5 heteroatoms. The van der Waals surface area contributed by atoms with E-state index in [0.717, 1.165) is 42.3 Å². The average molecular weight is 322 g/mol. The van der Waals surface area contributed by atoms with Crippen LogP contribution in [0.4, 0.5) is 0 Å². The number of aromatic nitrogens is 2. The van der Waals surface area contributed by atoms with Crippen LogP contribution >= 0.6 is 23.2 Å². The highest BCUT2D eigenvalue weighted by molar-refractivity contribution is 6.42. The lowest BCUT2D eigenvalue weighted by atomic mass is 9.98. The van der Waals surface area contributed by atoms with E-state index in [2.05, 4.69) is 19.2 Å². The minimum absolute atomic E-state index is 0.364. The number of rotatable bonds is 2. The highest BCUT2D eigenvalue weighted by Crippen LogP contribution is 2.30. The predicted octanol–water partition coefficient (Wildman–Crippen LogP) is 4.22. The van der Waals surface area contributed by atoms with Gasteiger partial charge in [-0.15, -0.1) is 0 Å². The van der Waals surface area contributed by atoms with Crippen LogP contribution in [0, 0.1) is 0 Å². The Labute approximate surface area is 134 Å². The lowest BCUT2D eigenvalue weighted by Crippen LogP contribution is -2.27. The Hall–Kier alpha value is -1.16. The van der Waals surface area contributed by atoms with Crippen molar-refractivity contribution >= 4 is 23.2 Å². The standard InChI is InChI=1S/C16H17Cl2N3/c1-9(2)15-11-8-19-6-5-14(11)20-16(21-15)10-3-4-12(17)13(18)7-10/h3-4,7,9,19H,5-6,8H2,1-2H3. The molecule has 0 unspecified atom stereocenters. The number of fused-ring (bicyclic) bond motifs is 1. The second-order valence-electron chi connectivity index (χ2n) is 5.57. The van der Waals surface area contributed by atoms with Gasteiger partial charge in [0.05, 0.1) is 21.4 Å². The van der Waals surface area contributed by atoms with E-state index in [0.29, 0.717) is 16.0 Å². The van der Waals surface area contributed by atoms with Crippen molar-refractivity contribution in [1.82, 2.24) is 15.3 Å². The van der Waals surface area contributed by atoms with Crippen LogP contribution in [0.3, 0.4) is 0 Å². The van der Waals surface area contributed by atoms with E-state index in [-0.39, 0.29) is 0 Å². The number of hydrogen-bond donors (Lipinski definition) is 1. The summed E-state index contributed by atoms with van der Waals surface area (Å²) in [4.78, 5) is 9.52. The maximum Gasteiger partial charge on any atom is 0.159 e. The Morgan fingerprint density at radius 2 is 1.95 bits per heavy atom. The minimum Gasteiger partial charge on any atom is -0.312 e. The molecule has 0 atom stereocenters. The fourth-order valence-corrected chi connectivity index (χ4v) is 2.91. The van der Waals surface area contributed by atoms with Crippen molar-refractivity contribution in [3.8, 4) is 11.4 Å². The third-order valence-electron chi connectivity index (χ3n) is 3.69. The summed E-state index contributed by atoms with van der Waals surface area (Å²) in [5.41, 5.74) is 4.43. The van der Waals surface area contributed by atoms with E-state index in [1.807, 2.05) is 12.1 Å². The van der Waals surface area contributed by atoms with Crippen molar-refractivity contribution in [2.75, 3.05) is 6.54 Å². The summed E-state index contributed by atoms with van der Waals surface area (Å²) in [7, 11) is 0. The number of nitrogens with zero attached hydrogens (tertiary/aromatic N) is 2. The van der Waals surface area contributed by atoms with Gasteiger partial charge < -0.3 is 5.32 Å². The van der Waals surface area contributed by atoms with Gasteiger partial charge in [0.2, 0.25) is 0 Å². The van der Waals surface area contributed by atoms with Crippen LogP contribution in [0.5, 0.6) is 0 Å². The Morgan fingerprint density at radius 3 is 2.67 bits per heavy atom. The van der Waals surface area contributed by atoms with Crippen molar-refractivity contribution in [3.05, 3.63) is 45.2 Å². The molecule has 21 heavy (non-hydrogen) atoms. The first-order chi connectivity index (χ1) is 10.1. The lowest BCUT2D eigenvalue weighted by Gasteiger charge is -2.21. The van der Waals surface area contributed by atoms with Crippen LogP contribution in [0.25, 0.3) is 11.4 Å². The van der Waals surface area contributed by atoms with Gasteiger partial charge in [-0.05, 0) is 24.1 Å². The molecule has 2 aromatic rings. The van der Waals surface area contributed by atoms with Gasteiger partial charge in [-0.25, -0.2) is 9.97 Å². The van der Waals surface area contributed by atoms with Gasteiger partial charge in [0.15, 0.2) is 5.82 Å². The van der Waals surface area contributed by atoms with Crippen LogP contribution in [-0.4, -0.2) is 16.5 Å². The highest BCUT2D eigenvalue weighted by atomic mass is 35.5. The molecule has 0 aliphatic carbocycles. The fourth-order valence-electron chi connectivity index (χ4n) is 2.61. The van der Waals surface area contributed by atoms with Crippen molar-refractivity contribution in [3.63, 3.8) is 0 Å². The zero-order valence-corrected chi connectivity index (χ0v) is 13.6. The first kappa shape index (κ1) is 14.8. The van der Waals surface area contributed by atoms with E-state index in [1.54, 1.807) is 6.07 Å². The molecule has 0 fully saturated rings. The largest absolute Gasteiger partial charge is 0.312 e. The van der Waals surface area contributed by atoms with Crippen LogP contribution in [0.15, 0.2) is 18.2 Å². The number of benzene rings is 1. The molecule has 3 nitrogen and oxygen atoms in total. The van der Waals surface area contributed by atoms with Crippen molar-refractivity contribution in [2.24, 2.45) is 0 Å². The average Bonchev–Trinajstić information content (AvgIpc) is 2.48. The molecule has 0 amide bonds. The zero-order chi connectivity index (χ0) is 15.0. The summed E-state index contributed by atoms with van der Waals surface area (Å²) in [6, 6.07) is 5.54. The molecular weight excluding hydrogens is 305 g/mol. The van der Waals surface area contributed by atoms with E-state index in [1.165, 1.54) is 5.56 Å². The Morgan fingerprint density at radius 1 is 1.14 bits per heavy atom. The van der Waals surface area contributed by atoms with Crippen LogP contribution in [-0.2, 0) is 13.0 Å². The van der Waals surface area contributed by atoms with Gasteiger partial charge in [0.25, 0.3) is 0 Å². The van der Waals surface area contributed by atoms with E-state index >= 15 is 0 Å². The third kappa shape index (κ3) is 2.91. The molecular formula is C16H17Cl2N3. The third-order valence-corrected chi connectivity index (χ3v) is 4.43. The summed E-state index contributed by atoms with van der Waals surface area (Å²) in [5.74, 6) is 1.10. The molecule has 3 rings (SSSR count). The SMILES string of the molecule is CC(C)c1nc(-c2ccc(Cl)c(Cl)c2)nc2c1CNCC2. The van der Waals surface area contributed by atoms with Gasteiger partial charge in [0, 0.05) is 30.6 Å². The monoisotopic (exact) mass is 321 g/mol. The maximum absolute atomic E-state index is 6.11. The molecule has 1 aliphatic heterocycles. The maximum atomic E-state index is 6.11. The van der Waals surface area contributed by atoms with E-state index < -0.39 is 0 Å². The molecule has 0 saturated carbocycles. The Kier molecular flexibility index (Phi) is 4.16. The molecule has 1 N–H and O–H groups in total. The molecule has 1 aromatic carbocycles. The summed E-state index contributed by atoms with van der Waals surface area (Å²) in [6.45, 7) is 6.14. The van der Waals surface area contributed by atoms with E-state index in [4.69, 9.17) is 33.2 Å². The normalized spacial score (nSPS) is 14.3. The zero-order valence-electron chi connectivity index (χ0n) is 12.1. The first-order valence-electron chi connectivity index (χ1n) is 7.12. The molecule has 0 spiro atoms. The summed E-state index contributed by atoms with van der Waals surface area (Å²) >= 11 is 12.1. The molecule has 0 radical (unpaired) electrons. The van der Waals surface area contributed by atoms with Gasteiger partial charge in [-0.1, -0.05) is 37.0 Å². The van der Waals surface area contributed by atoms with Crippen molar-refractivity contribution < 1.29 is 0 Å². The molecule has 110 valence electrons. The highest BCUT2D eigenvalue weighted by Gasteiger charge is 2.20. The van der Waals surface area contributed by atoms with Crippen molar-refractivity contribution in [2.45, 2.75) is 32.7 Å². The smallest absolute Gasteiger partial charge is 0.159 e. The summed E-state index contributed by atoms with van der Waals surface area (Å²) in [6.07, 6.45) is 0.936. The molecule has 0 bridgehead atoms. The van der Waals surface area contributed by atoms with Crippen molar-refractivity contribution in [1.29, 1.82) is 0 Å². The fraction of sp³-hybridized carbons (Fsp3) is 0.375. The minimum atomic E-state index is 0.364. The number of hydrogen-bond acceptors (Lipinski definition) is 3. The number of nitrogens with one attached hydrogen (secondary N) is 1. The quantitative estimate of drug-likeness (QED) is 0.899. The molecule has 1 aliphatic rings. The topological polar surface area (TPSA) is 37.8 Å². The van der Waals surface area contributed by atoms with Gasteiger partial charge in [0.1, 0.15) is 0 Å². The summed E-state index contributed by atoms with van der Waals surface area (Å²) < 4.78 is 0. The second-order valence-corrected chi connectivity index (χ2v) is 6.38. The predicted molar refractivity (Wildman–Crippen MR) is 87.0 cm³/mol. The van der Waals surface area contributed by atoms with Crippen LogP contribution < -0.4 is 5.32 Å². The lowest BCUT2D eigenvalue weighted by molar-refractivity contribution is 0.609. The Balaban J connectivity index is 2.14. The van der Waals surface area contributed by atoms with Crippen LogP contribution in [0.1, 0.15) is 36.7 Å².